The van der Waals surface area contributed by atoms with Gasteiger partial charge in [0.1, 0.15) is 0 Å². The Morgan fingerprint density at radius 3 is 2.52 bits per heavy atom. The molecule has 1 aromatic carbocycles. The van der Waals surface area contributed by atoms with E-state index in [-0.39, 0.29) is 6.54 Å². The normalized spacial score (nSPS) is 11.3. The Labute approximate surface area is 135 Å². The second-order valence-corrected chi connectivity index (χ2v) is 7.00. The minimum absolute atomic E-state index is 0.254. The minimum Gasteiger partial charge on any atom is -0.266 e. The van der Waals surface area contributed by atoms with Gasteiger partial charge in [-0.2, -0.15) is 5.10 Å². The zero-order chi connectivity index (χ0) is 16.3. The Bertz CT molecular complexity index is 877. The fraction of sp³-hybridized carbons (Fsp3) is 0.125. The molecule has 0 unspecified atom stereocenters. The van der Waals surface area contributed by atoms with E-state index in [1.807, 2.05) is 24.4 Å². The van der Waals surface area contributed by atoms with Gasteiger partial charge in [0.05, 0.1) is 24.2 Å². The van der Waals surface area contributed by atoms with Crippen LogP contribution in [-0.2, 0) is 16.6 Å². The molecule has 0 spiro atoms. The Morgan fingerprint density at radius 1 is 1.09 bits per heavy atom. The highest BCUT2D eigenvalue weighted by Crippen LogP contribution is 2.23. The first-order valence-electron chi connectivity index (χ1n) is 7.01. The fourth-order valence-corrected chi connectivity index (χ4v) is 3.15. The van der Waals surface area contributed by atoms with Crippen molar-refractivity contribution in [3.63, 3.8) is 0 Å². The van der Waals surface area contributed by atoms with E-state index in [1.165, 1.54) is 10.6 Å². The lowest BCUT2D eigenvalue weighted by Crippen LogP contribution is -2.29. The van der Waals surface area contributed by atoms with E-state index in [0.717, 1.165) is 11.3 Å². The molecule has 0 aliphatic rings. The molecule has 3 rings (SSSR count). The van der Waals surface area contributed by atoms with E-state index in [0.29, 0.717) is 5.69 Å². The number of rotatable bonds is 5. The summed E-state index contributed by atoms with van der Waals surface area (Å²) in [6.07, 6.45) is 7.99. The van der Waals surface area contributed by atoms with Gasteiger partial charge in [-0.1, -0.05) is 6.07 Å². The van der Waals surface area contributed by atoms with Gasteiger partial charge in [0.25, 0.3) is 0 Å². The van der Waals surface area contributed by atoms with E-state index in [2.05, 4.69) is 10.1 Å². The average Bonchev–Trinajstić information content (AvgIpc) is 3.07. The second-order valence-electron chi connectivity index (χ2n) is 5.10. The molecule has 0 aliphatic carbocycles. The van der Waals surface area contributed by atoms with Gasteiger partial charge >= 0.3 is 0 Å². The number of anilines is 1. The van der Waals surface area contributed by atoms with Crippen molar-refractivity contribution in [1.29, 1.82) is 0 Å². The molecule has 0 bridgehead atoms. The molecule has 0 fully saturated rings. The van der Waals surface area contributed by atoms with Crippen LogP contribution in [0, 0.1) is 0 Å². The highest BCUT2D eigenvalue weighted by atomic mass is 32.2. The van der Waals surface area contributed by atoms with Crippen LogP contribution in [0.3, 0.4) is 0 Å². The lowest BCUT2D eigenvalue weighted by atomic mass is 10.2. The zero-order valence-corrected chi connectivity index (χ0v) is 13.4. The van der Waals surface area contributed by atoms with E-state index in [9.17, 15) is 8.42 Å². The Kier molecular flexibility index (Phi) is 4.12. The maximum atomic E-state index is 12.2. The van der Waals surface area contributed by atoms with Crippen LogP contribution < -0.4 is 4.31 Å². The van der Waals surface area contributed by atoms with Crippen molar-refractivity contribution in [2.75, 3.05) is 10.6 Å². The van der Waals surface area contributed by atoms with Crippen LogP contribution >= 0.6 is 0 Å². The van der Waals surface area contributed by atoms with Crippen molar-refractivity contribution < 1.29 is 8.42 Å². The first-order chi connectivity index (χ1) is 11.0. The summed E-state index contributed by atoms with van der Waals surface area (Å²) in [5.74, 6) is 0. The number of hydrogen-bond acceptors (Lipinski definition) is 4. The molecular weight excluding hydrogens is 312 g/mol. The molecule has 0 saturated heterocycles. The predicted octanol–water partition coefficient (Wildman–Crippen LogP) is 2.23. The average molecular weight is 328 g/mol. The van der Waals surface area contributed by atoms with Gasteiger partial charge in [-0.15, -0.1) is 0 Å². The molecule has 2 heterocycles. The van der Waals surface area contributed by atoms with Crippen molar-refractivity contribution in [2.24, 2.45) is 0 Å². The number of benzene rings is 1. The summed E-state index contributed by atoms with van der Waals surface area (Å²) in [5.41, 5.74) is 2.27. The van der Waals surface area contributed by atoms with Crippen LogP contribution in [-0.4, -0.2) is 29.4 Å². The molecule has 0 aliphatic heterocycles. The third-order valence-electron chi connectivity index (χ3n) is 3.36. The summed E-state index contributed by atoms with van der Waals surface area (Å²) in [6, 6.07) is 12.7. The van der Waals surface area contributed by atoms with Gasteiger partial charge in [-0.25, -0.2) is 13.1 Å². The summed E-state index contributed by atoms with van der Waals surface area (Å²) in [4.78, 5) is 3.96. The first kappa shape index (κ1) is 15.2. The lowest BCUT2D eigenvalue weighted by Gasteiger charge is -2.23. The van der Waals surface area contributed by atoms with E-state index in [4.69, 9.17) is 0 Å². The van der Waals surface area contributed by atoms with Crippen LogP contribution in [0.25, 0.3) is 5.69 Å². The predicted molar refractivity (Wildman–Crippen MR) is 88.8 cm³/mol. The van der Waals surface area contributed by atoms with Crippen LogP contribution in [0.15, 0.2) is 67.3 Å². The van der Waals surface area contributed by atoms with Crippen molar-refractivity contribution in [2.45, 2.75) is 6.54 Å². The molecule has 0 N–H and O–H groups in total. The molecule has 0 atom stereocenters. The topological polar surface area (TPSA) is 68.1 Å². The second kappa shape index (κ2) is 6.21. The molecule has 0 radical (unpaired) electrons. The number of aromatic nitrogens is 3. The van der Waals surface area contributed by atoms with Crippen molar-refractivity contribution in [3.8, 4) is 5.69 Å². The smallest absolute Gasteiger partial charge is 0.232 e. The highest BCUT2D eigenvalue weighted by molar-refractivity contribution is 7.92. The Balaban J connectivity index is 1.99. The molecule has 2 aromatic heterocycles. The molecule has 118 valence electrons. The van der Waals surface area contributed by atoms with Crippen LogP contribution in [0.2, 0.25) is 0 Å². The summed E-state index contributed by atoms with van der Waals surface area (Å²) < 4.78 is 27.5. The summed E-state index contributed by atoms with van der Waals surface area (Å²) in [6.45, 7) is 0.254. The summed E-state index contributed by atoms with van der Waals surface area (Å²) >= 11 is 0. The number of pyridine rings is 1. The Morgan fingerprint density at radius 2 is 1.87 bits per heavy atom. The maximum Gasteiger partial charge on any atom is 0.232 e. The van der Waals surface area contributed by atoms with Gasteiger partial charge in [-0.3, -0.25) is 9.29 Å². The van der Waals surface area contributed by atoms with Crippen LogP contribution in [0.4, 0.5) is 5.69 Å². The van der Waals surface area contributed by atoms with Crippen LogP contribution in [0.1, 0.15) is 5.56 Å². The quantitative estimate of drug-likeness (QED) is 0.720. The SMILES string of the molecule is CS(=O)(=O)N(Cc1ccncc1)c1cccc(-n2cccn2)c1. The Hall–Kier alpha value is -2.67. The third kappa shape index (κ3) is 3.57. The van der Waals surface area contributed by atoms with Crippen LogP contribution in [0.5, 0.6) is 0 Å². The molecule has 3 aromatic rings. The van der Waals surface area contributed by atoms with Crippen molar-refractivity contribution >= 4 is 15.7 Å². The maximum absolute atomic E-state index is 12.2. The summed E-state index contributed by atoms with van der Waals surface area (Å²) in [7, 11) is -3.42. The molecule has 6 nitrogen and oxygen atoms in total. The van der Waals surface area contributed by atoms with Gasteiger partial charge in [0, 0.05) is 24.8 Å². The minimum atomic E-state index is -3.42. The van der Waals surface area contributed by atoms with E-state index in [1.54, 1.807) is 47.5 Å². The molecular formula is C16H16N4O2S. The molecule has 0 saturated carbocycles. The molecule has 7 heteroatoms. The van der Waals surface area contributed by atoms with Gasteiger partial charge in [0.15, 0.2) is 0 Å². The van der Waals surface area contributed by atoms with Gasteiger partial charge in [-0.05, 0) is 42.0 Å². The van der Waals surface area contributed by atoms with E-state index >= 15 is 0 Å². The number of hydrogen-bond donors (Lipinski definition) is 0. The third-order valence-corrected chi connectivity index (χ3v) is 4.50. The highest BCUT2D eigenvalue weighted by Gasteiger charge is 2.18. The molecule has 0 amide bonds. The standard InChI is InChI=1S/C16H16N4O2S/c1-23(21,22)20(13-14-6-9-17-10-7-14)16-5-2-4-15(12-16)19-11-3-8-18-19/h2-12H,13H2,1H3. The first-order valence-corrected chi connectivity index (χ1v) is 8.85. The number of nitrogens with zero attached hydrogens (tertiary/aromatic N) is 4. The lowest BCUT2D eigenvalue weighted by molar-refractivity contribution is 0.596. The van der Waals surface area contributed by atoms with E-state index < -0.39 is 10.0 Å². The largest absolute Gasteiger partial charge is 0.266 e. The molecule has 23 heavy (non-hydrogen) atoms. The van der Waals surface area contributed by atoms with Crippen molar-refractivity contribution in [3.05, 3.63) is 72.8 Å². The number of sulfonamides is 1. The summed E-state index contributed by atoms with van der Waals surface area (Å²) in [5, 5.41) is 4.17. The van der Waals surface area contributed by atoms with Gasteiger partial charge < -0.3 is 0 Å². The van der Waals surface area contributed by atoms with Gasteiger partial charge in [0.2, 0.25) is 10.0 Å². The van der Waals surface area contributed by atoms with Crippen molar-refractivity contribution in [1.82, 2.24) is 14.8 Å². The zero-order valence-electron chi connectivity index (χ0n) is 12.6. The monoisotopic (exact) mass is 328 g/mol. The fourth-order valence-electron chi connectivity index (χ4n) is 2.27.